The minimum Gasteiger partial charge on any atom is -0.497 e. The highest BCUT2D eigenvalue weighted by molar-refractivity contribution is 7.15. The van der Waals surface area contributed by atoms with Crippen LogP contribution < -0.4 is 10.1 Å². The maximum atomic E-state index is 12.9. The van der Waals surface area contributed by atoms with Crippen LogP contribution in [-0.2, 0) is 17.6 Å². The van der Waals surface area contributed by atoms with Crippen molar-refractivity contribution in [2.45, 2.75) is 25.9 Å². The Labute approximate surface area is 207 Å². The Morgan fingerprint density at radius 3 is 2.63 bits per heavy atom. The lowest BCUT2D eigenvalue weighted by atomic mass is 9.93. The maximum absolute atomic E-state index is 12.9. The molecule has 35 heavy (non-hydrogen) atoms. The first-order chi connectivity index (χ1) is 17.0. The van der Waals surface area contributed by atoms with E-state index in [0.717, 1.165) is 28.2 Å². The van der Waals surface area contributed by atoms with Crippen LogP contribution in [0.2, 0.25) is 0 Å². The van der Waals surface area contributed by atoms with E-state index in [0.29, 0.717) is 22.7 Å². The quantitative estimate of drug-likeness (QED) is 0.352. The Balaban J connectivity index is 1.29. The third-order valence-electron chi connectivity index (χ3n) is 6.00. The van der Waals surface area contributed by atoms with E-state index in [1.807, 2.05) is 24.3 Å². The van der Waals surface area contributed by atoms with Gasteiger partial charge in [0.05, 0.1) is 12.7 Å². The number of rotatable bonds is 6. The number of nitrogens with one attached hydrogen (secondary N) is 1. The summed E-state index contributed by atoms with van der Waals surface area (Å²) < 4.78 is 10.8. The number of aryl methyl sites for hydroxylation is 1. The van der Waals surface area contributed by atoms with Crippen LogP contribution in [0.15, 0.2) is 72.9 Å². The lowest BCUT2D eigenvalue weighted by Gasteiger charge is -2.25. The lowest BCUT2D eigenvalue weighted by molar-refractivity contribution is 0.0252. The fourth-order valence-electron chi connectivity index (χ4n) is 4.06. The van der Waals surface area contributed by atoms with Gasteiger partial charge in [-0.3, -0.25) is 10.1 Å². The molecule has 0 aliphatic carbocycles. The molecular weight excluding hydrogens is 460 g/mol. The number of thiazole rings is 1. The van der Waals surface area contributed by atoms with Crippen molar-refractivity contribution in [1.82, 2.24) is 4.98 Å². The average molecular weight is 485 g/mol. The molecule has 6 nitrogen and oxygen atoms in total. The van der Waals surface area contributed by atoms with Crippen LogP contribution in [-0.4, -0.2) is 24.0 Å². The molecular formula is C28H24N2O4S. The molecule has 1 aromatic heterocycles. The second-order valence-electron chi connectivity index (χ2n) is 8.49. The van der Waals surface area contributed by atoms with Gasteiger partial charge in [-0.15, -0.1) is 11.3 Å². The number of cyclic esters (lactones) is 1. The van der Waals surface area contributed by atoms with Crippen LogP contribution >= 0.6 is 11.3 Å². The van der Waals surface area contributed by atoms with E-state index in [2.05, 4.69) is 41.5 Å². The number of aromatic nitrogens is 1. The molecule has 0 unspecified atom stereocenters. The summed E-state index contributed by atoms with van der Waals surface area (Å²) in [6.07, 6.45) is 2.64. The van der Waals surface area contributed by atoms with Crippen LogP contribution in [0.1, 0.15) is 54.0 Å². The van der Waals surface area contributed by atoms with Gasteiger partial charge in [0.2, 0.25) is 0 Å². The third kappa shape index (κ3) is 5.10. The molecule has 0 fully saturated rings. The number of benzene rings is 3. The molecule has 1 amide bonds. The second kappa shape index (κ2) is 9.72. The topological polar surface area (TPSA) is 77.5 Å². The molecule has 0 spiro atoms. The highest BCUT2D eigenvalue weighted by Crippen LogP contribution is 2.32. The van der Waals surface area contributed by atoms with Crippen molar-refractivity contribution in [3.63, 3.8) is 0 Å². The molecule has 7 heteroatoms. The van der Waals surface area contributed by atoms with Crippen LogP contribution in [0.4, 0.5) is 5.13 Å². The highest BCUT2D eigenvalue weighted by atomic mass is 32.1. The molecule has 0 saturated heterocycles. The normalized spacial score (nSPS) is 14.7. The van der Waals surface area contributed by atoms with Gasteiger partial charge in [-0.05, 0) is 53.9 Å². The van der Waals surface area contributed by atoms with Gasteiger partial charge in [0.1, 0.15) is 11.9 Å². The van der Waals surface area contributed by atoms with E-state index in [1.165, 1.54) is 22.5 Å². The van der Waals surface area contributed by atoms with Crippen molar-refractivity contribution >= 4 is 28.3 Å². The zero-order valence-electron chi connectivity index (χ0n) is 19.4. The fourth-order valence-corrected chi connectivity index (χ4v) is 4.91. The number of hydrogen-bond acceptors (Lipinski definition) is 6. The van der Waals surface area contributed by atoms with Crippen molar-refractivity contribution in [1.29, 1.82) is 0 Å². The zero-order chi connectivity index (χ0) is 24.4. The lowest BCUT2D eigenvalue weighted by Crippen LogP contribution is -2.23. The molecule has 2 heterocycles. The molecule has 1 atom stereocenters. The first-order valence-corrected chi connectivity index (χ1v) is 12.1. The van der Waals surface area contributed by atoms with E-state index in [9.17, 15) is 9.59 Å². The van der Waals surface area contributed by atoms with Gasteiger partial charge in [-0.2, -0.15) is 0 Å². The summed E-state index contributed by atoms with van der Waals surface area (Å²) >= 11 is 1.46. The van der Waals surface area contributed by atoms with Gasteiger partial charge in [-0.1, -0.05) is 42.0 Å². The van der Waals surface area contributed by atoms with Gasteiger partial charge < -0.3 is 9.47 Å². The van der Waals surface area contributed by atoms with Crippen molar-refractivity contribution in [2.24, 2.45) is 0 Å². The first-order valence-electron chi connectivity index (χ1n) is 11.3. The summed E-state index contributed by atoms with van der Waals surface area (Å²) in [7, 11) is 1.61. The Bertz CT molecular complexity index is 1380. The molecule has 1 N–H and O–H groups in total. The number of fused-ring (bicyclic) bond motifs is 1. The van der Waals surface area contributed by atoms with Gasteiger partial charge in [0.25, 0.3) is 5.91 Å². The minimum absolute atomic E-state index is 0.260. The van der Waals surface area contributed by atoms with Gasteiger partial charge in [-0.25, -0.2) is 9.78 Å². The van der Waals surface area contributed by atoms with E-state index < -0.39 is 6.10 Å². The molecule has 0 saturated carbocycles. The summed E-state index contributed by atoms with van der Waals surface area (Å²) in [5, 5.41) is 3.43. The number of amides is 1. The Morgan fingerprint density at radius 2 is 1.89 bits per heavy atom. The van der Waals surface area contributed by atoms with E-state index >= 15 is 0 Å². The number of nitrogens with zero attached hydrogens (tertiary/aromatic N) is 1. The highest BCUT2D eigenvalue weighted by Gasteiger charge is 2.28. The number of methoxy groups -OCH3 is 1. The SMILES string of the molecule is COc1ccc([C@H]2Cc3cc(C(=O)Nc4ncc(Cc5ccc(C)cc5)s4)ccc3C(=O)O2)cc1. The number of carbonyl (C=O) groups excluding carboxylic acids is 2. The molecule has 0 radical (unpaired) electrons. The Morgan fingerprint density at radius 1 is 1.11 bits per heavy atom. The fraction of sp³-hybridized carbons (Fsp3) is 0.179. The van der Waals surface area contributed by atoms with Crippen LogP contribution in [0.25, 0.3) is 0 Å². The number of anilines is 1. The van der Waals surface area contributed by atoms with Crippen molar-refractivity contribution in [3.8, 4) is 5.75 Å². The molecule has 0 bridgehead atoms. The predicted octanol–water partition coefficient (Wildman–Crippen LogP) is 5.76. The summed E-state index contributed by atoms with van der Waals surface area (Å²) in [5.41, 5.74) is 5.05. The molecule has 176 valence electrons. The average Bonchev–Trinajstić information content (AvgIpc) is 3.31. The predicted molar refractivity (Wildman–Crippen MR) is 135 cm³/mol. The summed E-state index contributed by atoms with van der Waals surface area (Å²) in [6.45, 7) is 2.06. The smallest absolute Gasteiger partial charge is 0.339 e. The van der Waals surface area contributed by atoms with E-state index in [1.54, 1.807) is 31.5 Å². The number of carbonyl (C=O) groups is 2. The molecule has 1 aliphatic heterocycles. The zero-order valence-corrected chi connectivity index (χ0v) is 20.2. The number of ether oxygens (including phenoxy) is 2. The van der Waals surface area contributed by atoms with Gasteiger partial charge in [0.15, 0.2) is 5.13 Å². The van der Waals surface area contributed by atoms with Crippen molar-refractivity contribution in [2.75, 3.05) is 12.4 Å². The largest absolute Gasteiger partial charge is 0.497 e. The Kier molecular flexibility index (Phi) is 6.33. The van der Waals surface area contributed by atoms with Gasteiger partial charge >= 0.3 is 5.97 Å². The number of hydrogen-bond donors (Lipinski definition) is 1. The van der Waals surface area contributed by atoms with Crippen LogP contribution in [0.5, 0.6) is 5.75 Å². The maximum Gasteiger partial charge on any atom is 0.339 e. The second-order valence-corrected chi connectivity index (χ2v) is 9.61. The number of esters is 1. The van der Waals surface area contributed by atoms with Crippen LogP contribution in [0.3, 0.4) is 0 Å². The third-order valence-corrected chi connectivity index (χ3v) is 6.92. The minimum atomic E-state index is -0.414. The Hall–Kier alpha value is -3.97. The van der Waals surface area contributed by atoms with Crippen molar-refractivity contribution in [3.05, 3.63) is 111 Å². The molecule has 5 rings (SSSR count). The van der Waals surface area contributed by atoms with Crippen molar-refractivity contribution < 1.29 is 19.1 Å². The first kappa shape index (κ1) is 22.8. The monoisotopic (exact) mass is 484 g/mol. The van der Waals surface area contributed by atoms with Gasteiger partial charge in [0, 0.05) is 29.5 Å². The molecule has 4 aromatic rings. The molecule has 1 aliphatic rings. The van der Waals surface area contributed by atoms with Crippen LogP contribution in [0, 0.1) is 6.92 Å². The standard InChI is InChI=1S/C28H24N2O4S/c1-17-3-5-18(6-4-17)13-23-16-29-28(35-23)30-26(31)20-9-12-24-21(14-20)15-25(34-27(24)32)19-7-10-22(33-2)11-8-19/h3-12,14,16,25H,13,15H2,1-2H3,(H,29,30,31)/t25-/m1/s1. The summed E-state index contributed by atoms with van der Waals surface area (Å²) in [5.74, 6) is 0.0862. The van der Waals surface area contributed by atoms with E-state index in [-0.39, 0.29) is 11.9 Å². The summed E-state index contributed by atoms with van der Waals surface area (Å²) in [6, 6.07) is 20.9. The molecule has 3 aromatic carbocycles. The van der Waals surface area contributed by atoms with E-state index in [4.69, 9.17) is 9.47 Å². The summed E-state index contributed by atoms with van der Waals surface area (Å²) in [4.78, 5) is 30.9.